The van der Waals surface area contributed by atoms with Gasteiger partial charge in [0, 0.05) is 17.0 Å². The number of halogens is 4. The Kier molecular flexibility index (Phi) is 5.07. The smallest absolute Gasteiger partial charge is 0.328 e. The molecular weight excluding hydrogens is 489 g/mol. The zero-order valence-electron chi connectivity index (χ0n) is 17.8. The molecule has 10 heteroatoms. The zero-order chi connectivity index (χ0) is 24.5. The summed E-state index contributed by atoms with van der Waals surface area (Å²) in [4.78, 5) is 30.3. The van der Waals surface area contributed by atoms with Crippen molar-refractivity contribution in [2.24, 2.45) is 11.1 Å². The van der Waals surface area contributed by atoms with Crippen LogP contribution in [0.2, 0.25) is 10.0 Å². The van der Waals surface area contributed by atoms with Crippen molar-refractivity contribution >= 4 is 57.8 Å². The number of carbonyl (C=O) groups excluding carboxylic acids is 1. The van der Waals surface area contributed by atoms with Crippen LogP contribution < -0.4 is 0 Å². The second-order valence-corrected chi connectivity index (χ2v) is 9.12. The number of oxime groups is 1. The molecule has 3 unspecified atom stereocenters. The van der Waals surface area contributed by atoms with E-state index in [9.17, 15) is 14.0 Å². The summed E-state index contributed by atoms with van der Waals surface area (Å²) < 4.78 is 32.1. The van der Waals surface area contributed by atoms with E-state index in [2.05, 4.69) is 5.16 Å². The van der Waals surface area contributed by atoms with E-state index >= 15 is 4.39 Å². The molecule has 0 spiro atoms. The van der Waals surface area contributed by atoms with Gasteiger partial charge in [0.2, 0.25) is 5.91 Å². The van der Waals surface area contributed by atoms with Gasteiger partial charge in [-0.15, -0.1) is 0 Å². The van der Waals surface area contributed by atoms with E-state index in [0.29, 0.717) is 22.0 Å². The Morgan fingerprint density at radius 3 is 2.74 bits per heavy atom. The average molecular weight is 505 g/mol. The number of hydrogen-bond acceptors (Lipinski definition) is 4. The van der Waals surface area contributed by atoms with Gasteiger partial charge in [-0.3, -0.25) is 9.36 Å². The van der Waals surface area contributed by atoms with Gasteiger partial charge in [0.15, 0.2) is 17.6 Å². The Morgan fingerprint density at radius 1 is 1.29 bits per heavy atom. The van der Waals surface area contributed by atoms with Gasteiger partial charge in [0.1, 0.15) is 11.6 Å². The number of benzene rings is 2. The summed E-state index contributed by atoms with van der Waals surface area (Å²) in [5.41, 5.74) is -0.580. The quantitative estimate of drug-likeness (QED) is 0.363. The van der Waals surface area contributed by atoms with Crippen molar-refractivity contribution in [2.45, 2.75) is 25.6 Å². The predicted molar refractivity (Wildman–Crippen MR) is 124 cm³/mol. The number of aryl methyl sites for hydroxylation is 1. The Balaban J connectivity index is 1.73. The molecule has 0 amide bonds. The maximum Gasteiger partial charge on any atom is 0.328 e. The number of aliphatic carboxylic acids is 1. The molecule has 2 aromatic carbocycles. The average Bonchev–Trinajstić information content (AvgIpc) is 3.36. The molecule has 3 heterocycles. The van der Waals surface area contributed by atoms with Crippen molar-refractivity contribution in [3.05, 3.63) is 74.7 Å². The molecule has 0 bridgehead atoms. The maximum atomic E-state index is 16.5. The summed E-state index contributed by atoms with van der Waals surface area (Å²) in [7, 11) is 0. The second kappa shape index (κ2) is 7.65. The van der Waals surface area contributed by atoms with Crippen molar-refractivity contribution in [2.75, 3.05) is 0 Å². The SMILES string of the molecule is Cc1c2n(c3cccc(/C=C/C(=O)O)c13)C(=O)C1C(c3ccc(Cl)c(F)c3Cl)=NOC1C2(C)F. The number of fused-ring (bicyclic) bond motifs is 4. The summed E-state index contributed by atoms with van der Waals surface area (Å²) in [6, 6.07) is 7.67. The molecule has 5 rings (SSSR count). The molecule has 3 atom stereocenters. The van der Waals surface area contributed by atoms with Crippen LogP contribution in [-0.4, -0.2) is 33.4 Å². The number of aromatic nitrogens is 1. The van der Waals surface area contributed by atoms with Crippen molar-refractivity contribution in [1.29, 1.82) is 0 Å². The highest BCUT2D eigenvalue weighted by Gasteiger charge is 2.59. The number of alkyl halides is 1. The lowest BCUT2D eigenvalue weighted by molar-refractivity contribution is -0.131. The summed E-state index contributed by atoms with van der Waals surface area (Å²) >= 11 is 11.9. The molecule has 2 aliphatic heterocycles. The number of hydrogen-bond donors (Lipinski definition) is 1. The first-order chi connectivity index (χ1) is 16.1. The molecule has 0 saturated carbocycles. The van der Waals surface area contributed by atoms with E-state index in [1.165, 1.54) is 29.7 Å². The van der Waals surface area contributed by atoms with E-state index in [-0.39, 0.29) is 27.0 Å². The lowest BCUT2D eigenvalue weighted by atomic mass is 9.78. The van der Waals surface area contributed by atoms with Crippen LogP contribution in [0.15, 0.2) is 41.6 Å². The van der Waals surface area contributed by atoms with E-state index in [4.69, 9.17) is 33.1 Å². The van der Waals surface area contributed by atoms with Crippen LogP contribution in [-0.2, 0) is 15.3 Å². The minimum Gasteiger partial charge on any atom is -0.478 e. The number of carboxylic acid groups (broad SMARTS) is 1. The summed E-state index contributed by atoms with van der Waals surface area (Å²) in [5, 5.41) is 13.0. The van der Waals surface area contributed by atoms with Crippen LogP contribution in [0.4, 0.5) is 8.78 Å². The van der Waals surface area contributed by atoms with Crippen LogP contribution >= 0.6 is 23.2 Å². The zero-order valence-corrected chi connectivity index (χ0v) is 19.3. The largest absolute Gasteiger partial charge is 0.478 e. The highest BCUT2D eigenvalue weighted by molar-refractivity contribution is 6.38. The van der Waals surface area contributed by atoms with E-state index < -0.39 is 35.4 Å². The predicted octanol–water partition coefficient (Wildman–Crippen LogP) is 5.75. The van der Waals surface area contributed by atoms with E-state index in [1.807, 2.05) is 0 Å². The highest BCUT2D eigenvalue weighted by atomic mass is 35.5. The number of rotatable bonds is 3. The fourth-order valence-corrected chi connectivity index (χ4v) is 5.39. The van der Waals surface area contributed by atoms with Crippen molar-refractivity contribution < 1.29 is 28.3 Å². The molecule has 0 aliphatic carbocycles. The molecule has 34 heavy (non-hydrogen) atoms. The topological polar surface area (TPSA) is 80.9 Å². The summed E-state index contributed by atoms with van der Waals surface area (Å²) in [5.74, 6) is -3.74. The van der Waals surface area contributed by atoms with Crippen LogP contribution in [0, 0.1) is 18.7 Å². The molecule has 2 aliphatic rings. The van der Waals surface area contributed by atoms with Crippen LogP contribution in [0.3, 0.4) is 0 Å². The van der Waals surface area contributed by atoms with Crippen molar-refractivity contribution in [3.8, 4) is 0 Å². The molecule has 0 saturated heterocycles. The third kappa shape index (κ3) is 3.02. The molecule has 6 nitrogen and oxygen atoms in total. The van der Waals surface area contributed by atoms with Crippen molar-refractivity contribution in [1.82, 2.24) is 4.57 Å². The Hall–Kier alpha value is -3.23. The van der Waals surface area contributed by atoms with Crippen LogP contribution in [0.5, 0.6) is 0 Å². The fraction of sp³-hybridized carbons (Fsp3) is 0.208. The van der Waals surface area contributed by atoms with Gasteiger partial charge >= 0.3 is 5.97 Å². The van der Waals surface area contributed by atoms with E-state index in [0.717, 1.165) is 6.08 Å². The molecule has 174 valence electrons. The minimum absolute atomic E-state index is 0.00604. The standard InChI is InChI=1S/C24H16Cl2F2N2O4/c1-10-16-11(6-9-15(31)32)4-3-5-14(16)30-21(10)24(2,28)22-17(23(30)33)20(29-34-22)12-7-8-13(25)19(27)18(12)26/h3-9,17,22H,1-2H3,(H,31,32)/b9-6+. The Bertz CT molecular complexity index is 1480. The van der Waals surface area contributed by atoms with Crippen LogP contribution in [0.25, 0.3) is 17.0 Å². The van der Waals surface area contributed by atoms with E-state index in [1.54, 1.807) is 25.1 Å². The van der Waals surface area contributed by atoms with Gasteiger partial charge in [-0.05, 0) is 49.2 Å². The van der Waals surface area contributed by atoms with Gasteiger partial charge in [0.25, 0.3) is 0 Å². The molecule has 3 aromatic rings. The monoisotopic (exact) mass is 504 g/mol. The third-order valence-corrected chi connectivity index (χ3v) is 6.99. The summed E-state index contributed by atoms with van der Waals surface area (Å²) in [6.45, 7) is 2.96. The third-order valence-electron chi connectivity index (χ3n) is 6.33. The maximum absolute atomic E-state index is 16.5. The molecule has 1 aromatic heterocycles. The Labute approximate surface area is 202 Å². The molecule has 0 radical (unpaired) electrons. The molecule has 1 N–H and O–H groups in total. The Morgan fingerprint density at radius 2 is 2.03 bits per heavy atom. The highest BCUT2D eigenvalue weighted by Crippen LogP contribution is 2.49. The first-order valence-electron chi connectivity index (χ1n) is 10.2. The number of carboxylic acids is 1. The van der Waals surface area contributed by atoms with Crippen molar-refractivity contribution in [3.63, 3.8) is 0 Å². The number of nitrogens with zero attached hydrogens (tertiary/aromatic N) is 2. The molecule has 0 fully saturated rings. The summed E-state index contributed by atoms with van der Waals surface area (Å²) in [6.07, 6.45) is 1.06. The first kappa shape index (κ1) is 22.6. The molecular formula is C24H16Cl2F2N2O4. The lowest BCUT2D eigenvalue weighted by Crippen LogP contribution is -2.51. The number of carbonyl (C=O) groups is 2. The van der Waals surface area contributed by atoms with Gasteiger partial charge in [-0.25, -0.2) is 13.6 Å². The van der Waals surface area contributed by atoms with Gasteiger partial charge in [-0.2, -0.15) is 0 Å². The fourth-order valence-electron chi connectivity index (χ4n) is 4.92. The van der Waals surface area contributed by atoms with Gasteiger partial charge in [-0.1, -0.05) is 40.5 Å². The van der Waals surface area contributed by atoms with Crippen LogP contribution in [0.1, 0.15) is 34.1 Å². The van der Waals surface area contributed by atoms with Gasteiger partial charge < -0.3 is 9.94 Å². The normalized spacial score (nSPS) is 23.7. The van der Waals surface area contributed by atoms with Gasteiger partial charge in [0.05, 0.1) is 21.3 Å². The lowest BCUT2D eigenvalue weighted by Gasteiger charge is -2.36. The first-order valence-corrected chi connectivity index (χ1v) is 11.0. The minimum atomic E-state index is -2.17. The second-order valence-electron chi connectivity index (χ2n) is 8.34.